The summed E-state index contributed by atoms with van der Waals surface area (Å²) in [6, 6.07) is 8.91. The van der Waals surface area contributed by atoms with Crippen molar-refractivity contribution in [3.63, 3.8) is 0 Å². The van der Waals surface area contributed by atoms with Crippen LogP contribution in [-0.4, -0.2) is 23.8 Å². The molecule has 130 valence electrons. The Labute approximate surface area is 143 Å². The van der Waals surface area contributed by atoms with E-state index < -0.39 is 16.7 Å². The van der Waals surface area contributed by atoms with Gasteiger partial charge in [-0.1, -0.05) is 17.7 Å². The van der Waals surface area contributed by atoms with Gasteiger partial charge in [-0.2, -0.15) is 0 Å². The zero-order chi connectivity index (χ0) is 18.6. The van der Waals surface area contributed by atoms with E-state index in [9.17, 15) is 19.7 Å². The number of nitrogens with one attached hydrogen (secondary N) is 2. The van der Waals surface area contributed by atoms with E-state index in [2.05, 4.69) is 10.9 Å². The van der Waals surface area contributed by atoms with Gasteiger partial charge in [-0.25, -0.2) is 0 Å². The van der Waals surface area contributed by atoms with Crippen LogP contribution >= 0.6 is 0 Å². The molecule has 2 rings (SSSR count). The largest absolute Gasteiger partial charge is 0.496 e. The van der Waals surface area contributed by atoms with Gasteiger partial charge in [-0.15, -0.1) is 0 Å². The van der Waals surface area contributed by atoms with Crippen molar-refractivity contribution < 1.29 is 19.2 Å². The summed E-state index contributed by atoms with van der Waals surface area (Å²) in [7, 11) is 1.34. The number of hydrazine groups is 1. The Balaban J connectivity index is 2.15. The van der Waals surface area contributed by atoms with Crippen LogP contribution < -0.4 is 15.6 Å². The number of carbonyl (C=O) groups excluding carboxylic acids is 2. The summed E-state index contributed by atoms with van der Waals surface area (Å²) in [6.45, 7) is 3.69. The molecule has 0 aliphatic heterocycles. The van der Waals surface area contributed by atoms with Crippen LogP contribution in [0.4, 0.5) is 5.69 Å². The lowest BCUT2D eigenvalue weighted by atomic mass is 10.1. The fourth-order valence-corrected chi connectivity index (χ4v) is 2.30. The molecule has 2 amide bonds. The first-order chi connectivity index (χ1) is 11.8. The molecule has 0 bridgehead atoms. The van der Waals surface area contributed by atoms with E-state index in [1.54, 1.807) is 19.1 Å². The Morgan fingerprint density at radius 3 is 2.20 bits per heavy atom. The van der Waals surface area contributed by atoms with Crippen molar-refractivity contribution in [3.05, 3.63) is 68.8 Å². The minimum absolute atomic E-state index is 0.0578. The van der Waals surface area contributed by atoms with Gasteiger partial charge in [0.1, 0.15) is 5.75 Å². The van der Waals surface area contributed by atoms with Gasteiger partial charge in [-0.05, 0) is 31.5 Å². The standard InChI is InChI=1S/C17H17N3O5/c1-10-4-6-13(11(2)8-10)16(21)18-19-17(22)14-9-12(20(23)24)5-7-15(14)25-3/h4-9H,1-3H3,(H,18,21)(H,19,22). The molecular weight excluding hydrogens is 326 g/mol. The van der Waals surface area contributed by atoms with Crippen LogP contribution in [0.25, 0.3) is 0 Å². The normalized spacial score (nSPS) is 10.0. The average Bonchev–Trinajstić information content (AvgIpc) is 2.58. The van der Waals surface area contributed by atoms with Crippen LogP contribution in [0.5, 0.6) is 5.75 Å². The molecular formula is C17H17N3O5. The molecule has 0 spiro atoms. The Hall–Kier alpha value is -3.42. The third-order valence-electron chi connectivity index (χ3n) is 3.55. The molecule has 0 aliphatic rings. The minimum Gasteiger partial charge on any atom is -0.496 e. The van der Waals surface area contributed by atoms with Crippen LogP contribution in [0.1, 0.15) is 31.8 Å². The Kier molecular flexibility index (Phi) is 5.33. The number of nitro groups is 1. The molecule has 0 atom stereocenters. The monoisotopic (exact) mass is 343 g/mol. The minimum atomic E-state index is -0.723. The van der Waals surface area contributed by atoms with Crippen molar-refractivity contribution in [2.75, 3.05) is 7.11 Å². The zero-order valence-corrected chi connectivity index (χ0v) is 14.0. The van der Waals surface area contributed by atoms with Gasteiger partial charge < -0.3 is 4.74 Å². The molecule has 0 aromatic heterocycles. The number of non-ortho nitro benzene ring substituents is 1. The van der Waals surface area contributed by atoms with Crippen molar-refractivity contribution in [3.8, 4) is 5.75 Å². The second-order valence-electron chi connectivity index (χ2n) is 5.37. The molecule has 2 aromatic carbocycles. The highest BCUT2D eigenvalue weighted by Crippen LogP contribution is 2.23. The van der Waals surface area contributed by atoms with E-state index in [-0.39, 0.29) is 17.0 Å². The molecule has 2 N–H and O–H groups in total. The number of methoxy groups -OCH3 is 1. The maximum absolute atomic E-state index is 12.2. The van der Waals surface area contributed by atoms with Crippen molar-refractivity contribution in [1.29, 1.82) is 0 Å². The van der Waals surface area contributed by atoms with Gasteiger partial charge in [0.15, 0.2) is 0 Å². The number of aryl methyl sites for hydroxylation is 2. The van der Waals surface area contributed by atoms with Crippen molar-refractivity contribution in [2.45, 2.75) is 13.8 Å². The summed E-state index contributed by atoms with van der Waals surface area (Å²) >= 11 is 0. The number of hydrogen-bond acceptors (Lipinski definition) is 5. The number of nitro benzene ring substituents is 1. The van der Waals surface area contributed by atoms with Crippen LogP contribution in [-0.2, 0) is 0 Å². The molecule has 0 saturated heterocycles. The van der Waals surface area contributed by atoms with E-state index in [0.717, 1.165) is 17.2 Å². The molecule has 0 aliphatic carbocycles. The number of benzene rings is 2. The number of hydrogen-bond donors (Lipinski definition) is 2. The first-order valence-corrected chi connectivity index (χ1v) is 7.34. The Morgan fingerprint density at radius 2 is 1.64 bits per heavy atom. The predicted molar refractivity (Wildman–Crippen MR) is 90.5 cm³/mol. The maximum Gasteiger partial charge on any atom is 0.273 e. The highest BCUT2D eigenvalue weighted by molar-refractivity contribution is 6.01. The van der Waals surface area contributed by atoms with Crippen LogP contribution in [0.15, 0.2) is 36.4 Å². The second kappa shape index (κ2) is 7.43. The lowest BCUT2D eigenvalue weighted by Gasteiger charge is -2.11. The van der Waals surface area contributed by atoms with E-state index in [1.807, 2.05) is 13.0 Å². The SMILES string of the molecule is COc1ccc([N+](=O)[O-])cc1C(=O)NNC(=O)c1ccc(C)cc1C. The number of carbonyl (C=O) groups is 2. The molecule has 0 heterocycles. The Morgan fingerprint density at radius 1 is 1.00 bits per heavy atom. The van der Waals surface area contributed by atoms with Gasteiger partial charge in [0.25, 0.3) is 17.5 Å². The van der Waals surface area contributed by atoms with Gasteiger partial charge in [0.2, 0.25) is 0 Å². The van der Waals surface area contributed by atoms with Gasteiger partial charge >= 0.3 is 0 Å². The van der Waals surface area contributed by atoms with E-state index in [1.165, 1.54) is 19.2 Å². The fourth-order valence-electron chi connectivity index (χ4n) is 2.30. The molecule has 8 nitrogen and oxygen atoms in total. The Bertz CT molecular complexity index is 848. The highest BCUT2D eigenvalue weighted by atomic mass is 16.6. The van der Waals surface area contributed by atoms with E-state index >= 15 is 0 Å². The lowest BCUT2D eigenvalue weighted by Crippen LogP contribution is -2.42. The fraction of sp³-hybridized carbons (Fsp3) is 0.176. The second-order valence-corrected chi connectivity index (χ2v) is 5.37. The first-order valence-electron chi connectivity index (χ1n) is 7.34. The molecule has 0 unspecified atom stereocenters. The number of rotatable bonds is 4. The summed E-state index contributed by atoms with van der Waals surface area (Å²) in [5.41, 5.74) is 6.41. The highest BCUT2D eigenvalue weighted by Gasteiger charge is 2.18. The summed E-state index contributed by atoms with van der Waals surface area (Å²) in [5, 5.41) is 10.9. The molecule has 2 aromatic rings. The van der Waals surface area contributed by atoms with Gasteiger partial charge in [0.05, 0.1) is 17.6 Å². The van der Waals surface area contributed by atoms with Crippen LogP contribution in [0, 0.1) is 24.0 Å². The molecule has 8 heteroatoms. The van der Waals surface area contributed by atoms with Crippen LogP contribution in [0.2, 0.25) is 0 Å². The van der Waals surface area contributed by atoms with E-state index in [4.69, 9.17) is 4.74 Å². The third-order valence-corrected chi connectivity index (χ3v) is 3.55. The van der Waals surface area contributed by atoms with Crippen molar-refractivity contribution in [2.24, 2.45) is 0 Å². The zero-order valence-electron chi connectivity index (χ0n) is 14.0. The third kappa shape index (κ3) is 4.11. The van der Waals surface area contributed by atoms with Crippen LogP contribution in [0.3, 0.4) is 0 Å². The van der Waals surface area contributed by atoms with Gasteiger partial charge in [0, 0.05) is 17.7 Å². The summed E-state index contributed by atoms with van der Waals surface area (Å²) < 4.78 is 5.03. The molecule has 0 fully saturated rings. The van der Waals surface area contributed by atoms with E-state index in [0.29, 0.717) is 5.56 Å². The summed E-state index contributed by atoms with van der Waals surface area (Å²) in [5.74, 6) is -1.06. The number of nitrogens with zero attached hydrogens (tertiary/aromatic N) is 1. The first kappa shape index (κ1) is 17.9. The van der Waals surface area contributed by atoms with Crippen molar-refractivity contribution >= 4 is 17.5 Å². The van der Waals surface area contributed by atoms with Gasteiger partial charge in [-0.3, -0.25) is 30.6 Å². The predicted octanol–water partition coefficient (Wildman–Crippen LogP) is 2.30. The maximum atomic E-state index is 12.2. The molecule has 0 radical (unpaired) electrons. The number of ether oxygens (including phenoxy) is 1. The topological polar surface area (TPSA) is 111 Å². The molecule has 0 saturated carbocycles. The lowest BCUT2D eigenvalue weighted by molar-refractivity contribution is -0.384. The molecule has 25 heavy (non-hydrogen) atoms. The van der Waals surface area contributed by atoms with Crippen molar-refractivity contribution in [1.82, 2.24) is 10.9 Å². The summed E-state index contributed by atoms with van der Waals surface area (Å²) in [4.78, 5) is 34.7. The smallest absolute Gasteiger partial charge is 0.273 e. The quantitative estimate of drug-likeness (QED) is 0.654. The average molecular weight is 343 g/mol. The summed E-state index contributed by atoms with van der Waals surface area (Å²) in [6.07, 6.45) is 0. The number of amides is 2.